The van der Waals surface area contributed by atoms with Crippen LogP contribution in [-0.2, 0) is 6.54 Å². The molecule has 0 aliphatic heterocycles. The minimum absolute atomic E-state index is 0.100. The summed E-state index contributed by atoms with van der Waals surface area (Å²) in [5, 5.41) is 10.3. The maximum absolute atomic E-state index is 13.5. The molecule has 0 fully saturated rings. The van der Waals surface area contributed by atoms with Crippen LogP contribution in [0.15, 0.2) is 85.2 Å². The Kier molecular flexibility index (Phi) is 5.59. The smallest absolute Gasteiger partial charge is 0.255 e. The summed E-state index contributed by atoms with van der Waals surface area (Å²) < 4.78 is 0. The van der Waals surface area contributed by atoms with E-state index in [1.54, 1.807) is 17.3 Å². The molecule has 0 spiro atoms. The van der Waals surface area contributed by atoms with Crippen molar-refractivity contribution in [2.75, 3.05) is 13.2 Å². The normalized spacial score (nSPS) is 10.8. The number of aliphatic hydroxyl groups is 1. The van der Waals surface area contributed by atoms with Gasteiger partial charge in [-0.3, -0.25) is 9.78 Å². The van der Waals surface area contributed by atoms with Crippen molar-refractivity contribution in [3.8, 4) is 11.3 Å². The quantitative estimate of drug-likeness (QED) is 0.548. The van der Waals surface area contributed by atoms with Gasteiger partial charge in [0.15, 0.2) is 0 Å². The Morgan fingerprint density at radius 2 is 1.76 bits per heavy atom. The van der Waals surface area contributed by atoms with Gasteiger partial charge < -0.3 is 10.0 Å². The maximum atomic E-state index is 13.5. The summed E-state index contributed by atoms with van der Waals surface area (Å²) in [6.07, 6.45) is 3.44. The summed E-state index contributed by atoms with van der Waals surface area (Å²) >= 11 is 0. The number of para-hydroxylation sites is 1. The first-order valence-electron chi connectivity index (χ1n) is 9.50. The molecule has 1 amide bonds. The summed E-state index contributed by atoms with van der Waals surface area (Å²) in [7, 11) is 0. The summed E-state index contributed by atoms with van der Waals surface area (Å²) in [6.45, 7) is 0.586. The standard InChI is InChI=1S/C24H21N3O2/c28-14-13-27(17-18-7-2-1-3-8-18)24(29)21-15-23(19-9-6-12-25-16-19)26-22-11-5-4-10-20(21)22/h1-12,15-16,28H,13-14,17H2. The highest BCUT2D eigenvalue weighted by atomic mass is 16.3. The van der Waals surface area contributed by atoms with Crippen molar-refractivity contribution < 1.29 is 9.90 Å². The lowest BCUT2D eigenvalue weighted by molar-refractivity contribution is 0.0710. The first-order chi connectivity index (χ1) is 14.3. The van der Waals surface area contributed by atoms with E-state index in [-0.39, 0.29) is 19.1 Å². The van der Waals surface area contributed by atoms with Crippen LogP contribution in [0, 0.1) is 0 Å². The molecular weight excluding hydrogens is 362 g/mol. The number of rotatable bonds is 6. The zero-order valence-corrected chi connectivity index (χ0v) is 15.9. The van der Waals surface area contributed by atoms with Gasteiger partial charge in [0.25, 0.3) is 5.91 Å². The van der Waals surface area contributed by atoms with E-state index in [4.69, 9.17) is 4.98 Å². The van der Waals surface area contributed by atoms with Gasteiger partial charge >= 0.3 is 0 Å². The van der Waals surface area contributed by atoms with Crippen LogP contribution < -0.4 is 0 Å². The monoisotopic (exact) mass is 383 g/mol. The number of hydrogen-bond donors (Lipinski definition) is 1. The van der Waals surface area contributed by atoms with Crippen LogP contribution in [-0.4, -0.2) is 39.0 Å². The molecule has 0 unspecified atom stereocenters. The van der Waals surface area contributed by atoms with Gasteiger partial charge in [-0.15, -0.1) is 0 Å². The van der Waals surface area contributed by atoms with E-state index >= 15 is 0 Å². The Balaban J connectivity index is 1.79. The number of pyridine rings is 2. The first kappa shape index (κ1) is 18.8. The Morgan fingerprint density at radius 3 is 2.52 bits per heavy atom. The SMILES string of the molecule is O=C(c1cc(-c2cccnc2)nc2ccccc12)N(CCO)Cc1ccccc1. The molecule has 1 N–H and O–H groups in total. The third-order valence-electron chi connectivity index (χ3n) is 4.78. The molecule has 2 aromatic carbocycles. The summed E-state index contributed by atoms with van der Waals surface area (Å²) in [4.78, 5) is 24.1. The van der Waals surface area contributed by atoms with Gasteiger partial charge in [0, 0.05) is 36.4 Å². The van der Waals surface area contributed by atoms with E-state index in [1.807, 2.05) is 72.8 Å². The number of benzene rings is 2. The lowest BCUT2D eigenvalue weighted by Crippen LogP contribution is -2.33. The third-order valence-corrected chi connectivity index (χ3v) is 4.78. The minimum atomic E-state index is -0.133. The highest BCUT2D eigenvalue weighted by Crippen LogP contribution is 2.26. The van der Waals surface area contributed by atoms with Gasteiger partial charge in [-0.05, 0) is 29.8 Å². The van der Waals surface area contributed by atoms with Gasteiger partial charge in [0.05, 0.1) is 23.4 Å². The van der Waals surface area contributed by atoms with Crippen molar-refractivity contribution in [2.45, 2.75) is 6.54 Å². The van der Waals surface area contributed by atoms with Crippen molar-refractivity contribution in [2.24, 2.45) is 0 Å². The average Bonchev–Trinajstić information content (AvgIpc) is 2.79. The largest absolute Gasteiger partial charge is 0.395 e. The topological polar surface area (TPSA) is 66.3 Å². The zero-order valence-electron chi connectivity index (χ0n) is 15.9. The van der Waals surface area contributed by atoms with Crippen LogP contribution in [0.3, 0.4) is 0 Å². The van der Waals surface area contributed by atoms with Crippen LogP contribution >= 0.6 is 0 Å². The maximum Gasteiger partial charge on any atom is 0.255 e. The number of aliphatic hydroxyl groups excluding tert-OH is 1. The lowest BCUT2D eigenvalue weighted by atomic mass is 10.0. The van der Waals surface area contributed by atoms with E-state index in [2.05, 4.69) is 4.98 Å². The Labute approximate surface area is 169 Å². The summed E-state index contributed by atoms with van der Waals surface area (Å²) in [5.41, 5.74) is 3.88. The van der Waals surface area contributed by atoms with E-state index in [0.717, 1.165) is 22.0 Å². The number of nitrogens with zero attached hydrogens (tertiary/aromatic N) is 3. The Hall–Kier alpha value is -3.57. The summed E-state index contributed by atoms with van der Waals surface area (Å²) in [6, 6.07) is 23.0. The second-order valence-corrected chi connectivity index (χ2v) is 6.75. The third kappa shape index (κ3) is 4.15. The Bertz CT molecular complexity index is 1110. The molecule has 5 nitrogen and oxygen atoms in total. The molecule has 0 aliphatic rings. The molecule has 2 aromatic heterocycles. The molecule has 4 aromatic rings. The lowest BCUT2D eigenvalue weighted by Gasteiger charge is -2.23. The van der Waals surface area contributed by atoms with Crippen LogP contribution in [0.2, 0.25) is 0 Å². The second kappa shape index (κ2) is 8.63. The molecule has 0 atom stereocenters. The molecule has 29 heavy (non-hydrogen) atoms. The van der Waals surface area contributed by atoms with Gasteiger partial charge in [-0.2, -0.15) is 0 Å². The fourth-order valence-corrected chi connectivity index (χ4v) is 3.36. The second-order valence-electron chi connectivity index (χ2n) is 6.75. The number of aromatic nitrogens is 2. The molecule has 2 heterocycles. The minimum Gasteiger partial charge on any atom is -0.395 e. The molecule has 144 valence electrons. The summed E-state index contributed by atoms with van der Waals surface area (Å²) in [5.74, 6) is -0.133. The van der Waals surface area contributed by atoms with Crippen LogP contribution in [0.5, 0.6) is 0 Å². The van der Waals surface area contributed by atoms with Crippen molar-refractivity contribution in [1.82, 2.24) is 14.9 Å². The van der Waals surface area contributed by atoms with Crippen LogP contribution in [0.25, 0.3) is 22.2 Å². The van der Waals surface area contributed by atoms with Gasteiger partial charge in [0.2, 0.25) is 0 Å². The first-order valence-corrected chi connectivity index (χ1v) is 9.50. The highest BCUT2D eigenvalue weighted by molar-refractivity contribution is 6.07. The van der Waals surface area contributed by atoms with Crippen molar-refractivity contribution in [3.05, 3.63) is 96.3 Å². The Morgan fingerprint density at radius 1 is 0.966 bits per heavy atom. The predicted octanol–water partition coefficient (Wildman–Crippen LogP) is 3.93. The number of amides is 1. The molecule has 0 bridgehead atoms. The van der Waals surface area contributed by atoms with Gasteiger partial charge in [0.1, 0.15) is 0 Å². The highest BCUT2D eigenvalue weighted by Gasteiger charge is 2.20. The van der Waals surface area contributed by atoms with Crippen LogP contribution in [0.4, 0.5) is 0 Å². The number of hydrogen-bond acceptors (Lipinski definition) is 4. The van der Waals surface area contributed by atoms with Crippen molar-refractivity contribution in [1.29, 1.82) is 0 Å². The molecule has 5 heteroatoms. The number of carbonyl (C=O) groups excluding carboxylic acids is 1. The number of carbonyl (C=O) groups is 1. The molecule has 0 saturated heterocycles. The number of fused-ring (bicyclic) bond motifs is 1. The molecule has 0 radical (unpaired) electrons. The fraction of sp³-hybridized carbons (Fsp3) is 0.125. The van der Waals surface area contributed by atoms with E-state index in [1.165, 1.54) is 0 Å². The van der Waals surface area contributed by atoms with E-state index < -0.39 is 0 Å². The van der Waals surface area contributed by atoms with Crippen molar-refractivity contribution >= 4 is 16.8 Å². The van der Waals surface area contributed by atoms with E-state index in [0.29, 0.717) is 17.8 Å². The van der Waals surface area contributed by atoms with E-state index in [9.17, 15) is 9.90 Å². The average molecular weight is 383 g/mol. The van der Waals surface area contributed by atoms with Gasteiger partial charge in [-0.25, -0.2) is 4.98 Å². The van der Waals surface area contributed by atoms with Crippen LogP contribution in [0.1, 0.15) is 15.9 Å². The zero-order chi connectivity index (χ0) is 20.1. The molecule has 0 aliphatic carbocycles. The van der Waals surface area contributed by atoms with Gasteiger partial charge in [-0.1, -0.05) is 48.5 Å². The molecule has 0 saturated carbocycles. The molecular formula is C24H21N3O2. The molecule has 4 rings (SSSR count). The predicted molar refractivity (Wildman–Crippen MR) is 113 cm³/mol. The van der Waals surface area contributed by atoms with Crippen molar-refractivity contribution in [3.63, 3.8) is 0 Å². The fourth-order valence-electron chi connectivity index (χ4n) is 3.36.